The van der Waals surface area contributed by atoms with Gasteiger partial charge in [-0.05, 0) is 62.7 Å². The van der Waals surface area contributed by atoms with Gasteiger partial charge in [0.25, 0.3) is 0 Å². The van der Waals surface area contributed by atoms with Gasteiger partial charge in [0.2, 0.25) is 0 Å². The van der Waals surface area contributed by atoms with Crippen LogP contribution in [-0.2, 0) is 12.8 Å². The minimum atomic E-state index is 0. The number of rotatable bonds is 20. The predicted octanol–water partition coefficient (Wildman–Crippen LogP) is 8.21. The second kappa shape index (κ2) is 29.8. The van der Waals surface area contributed by atoms with Crippen molar-refractivity contribution in [2.24, 2.45) is 11.5 Å². The molecule has 2 aromatic rings. The molecule has 2 rings (SSSR count). The molecule has 0 fully saturated rings. The van der Waals surface area contributed by atoms with E-state index >= 15 is 0 Å². The molecule has 0 atom stereocenters. The molecule has 208 valence electrons. The zero-order chi connectivity index (χ0) is 24.4. The molecule has 0 aromatic heterocycles. The molecule has 36 heavy (non-hydrogen) atoms. The Morgan fingerprint density at radius 3 is 0.889 bits per heavy atom. The third-order valence-corrected chi connectivity index (χ3v) is 6.52. The van der Waals surface area contributed by atoms with E-state index in [2.05, 4.69) is 60.7 Å². The summed E-state index contributed by atoms with van der Waals surface area (Å²) >= 11 is 0. The summed E-state index contributed by atoms with van der Waals surface area (Å²) in [6.45, 7) is 1.72. The van der Waals surface area contributed by atoms with Crippen molar-refractivity contribution in [1.82, 2.24) is 0 Å². The van der Waals surface area contributed by atoms with Crippen LogP contribution in [0.1, 0.15) is 114 Å². The molecule has 0 radical (unpaired) electrons. The molecule has 0 aliphatic carbocycles. The summed E-state index contributed by atoms with van der Waals surface area (Å²) in [7, 11) is 0. The van der Waals surface area contributed by atoms with Crippen molar-refractivity contribution in [3.05, 3.63) is 71.8 Å². The topological polar surface area (TPSA) is 83.5 Å². The van der Waals surface area contributed by atoms with Gasteiger partial charge in [-0.2, -0.15) is 0 Å². The van der Waals surface area contributed by atoms with Crippen molar-refractivity contribution < 1.29 is 5.48 Å². The van der Waals surface area contributed by atoms with Gasteiger partial charge in [-0.1, -0.05) is 138 Å². The molecular weight excluding hydrogens is 464 g/mol. The lowest BCUT2D eigenvalue weighted by Crippen LogP contribution is -1.97. The molecule has 2 aromatic carbocycles. The van der Waals surface area contributed by atoms with Crippen LogP contribution in [0, 0.1) is 0 Å². The summed E-state index contributed by atoms with van der Waals surface area (Å²) in [4.78, 5) is 0. The molecule has 0 aliphatic heterocycles. The maximum Gasteiger partial charge on any atom is -0.00773 e. The number of nitrogens with two attached hydrogens (primary N) is 2. The van der Waals surface area contributed by atoms with Crippen molar-refractivity contribution in [2.45, 2.75) is 116 Å². The SMILES string of the molecule is Cl.NCCCCCCCCCCc1ccccc1.NCCCCCCCCCCc1ccccc1.O. The van der Waals surface area contributed by atoms with E-state index in [1.165, 1.54) is 127 Å². The molecule has 0 saturated carbocycles. The van der Waals surface area contributed by atoms with Crippen molar-refractivity contribution >= 4 is 12.4 Å². The summed E-state index contributed by atoms with van der Waals surface area (Å²) in [5.41, 5.74) is 13.9. The molecule has 0 saturated heterocycles. The summed E-state index contributed by atoms with van der Waals surface area (Å²) in [5, 5.41) is 0. The number of halogens is 1. The molecule has 0 amide bonds. The molecule has 6 N–H and O–H groups in total. The lowest BCUT2D eigenvalue weighted by molar-refractivity contribution is 0.570. The Kier molecular flexibility index (Phi) is 30.5. The van der Waals surface area contributed by atoms with Gasteiger partial charge in [0.05, 0.1) is 0 Å². The molecule has 0 heterocycles. The average Bonchev–Trinajstić information content (AvgIpc) is 2.88. The van der Waals surface area contributed by atoms with Crippen molar-refractivity contribution in [3.63, 3.8) is 0 Å². The fraction of sp³-hybridized carbons (Fsp3) is 0.625. The van der Waals surface area contributed by atoms with E-state index in [0.717, 1.165) is 13.1 Å². The Morgan fingerprint density at radius 1 is 0.361 bits per heavy atom. The highest BCUT2D eigenvalue weighted by atomic mass is 35.5. The highest BCUT2D eigenvalue weighted by Crippen LogP contribution is 2.12. The zero-order valence-electron chi connectivity index (χ0n) is 23.0. The molecule has 0 spiro atoms. The monoisotopic (exact) mass is 520 g/mol. The summed E-state index contributed by atoms with van der Waals surface area (Å²) in [6, 6.07) is 21.6. The van der Waals surface area contributed by atoms with E-state index in [1.807, 2.05) is 0 Å². The Hall–Kier alpha value is -1.39. The molecule has 4 heteroatoms. The Bertz CT molecular complexity index is 582. The summed E-state index contributed by atoms with van der Waals surface area (Å²) < 4.78 is 0. The number of hydrogen-bond acceptors (Lipinski definition) is 2. The van der Waals surface area contributed by atoms with Crippen LogP contribution in [0.4, 0.5) is 0 Å². The standard InChI is InChI=1S/2C16H27N.ClH.H2O/c2*17-15-11-6-4-2-1-3-5-8-12-16-13-9-7-10-14-16;;/h2*7,9-10,13-14H,1-6,8,11-12,15,17H2;1H;1H2. The van der Waals surface area contributed by atoms with Crippen LogP contribution in [0.3, 0.4) is 0 Å². The number of hydrogen-bond donors (Lipinski definition) is 2. The predicted molar refractivity (Wildman–Crippen MR) is 163 cm³/mol. The van der Waals surface area contributed by atoms with Gasteiger partial charge < -0.3 is 16.9 Å². The van der Waals surface area contributed by atoms with E-state index in [-0.39, 0.29) is 17.9 Å². The van der Waals surface area contributed by atoms with Crippen molar-refractivity contribution in [2.75, 3.05) is 13.1 Å². The molecule has 0 bridgehead atoms. The van der Waals surface area contributed by atoms with Crippen LogP contribution >= 0.6 is 12.4 Å². The zero-order valence-corrected chi connectivity index (χ0v) is 23.8. The molecule has 3 nitrogen and oxygen atoms in total. The Labute approximate surface area is 229 Å². The highest BCUT2D eigenvalue weighted by molar-refractivity contribution is 5.85. The first-order chi connectivity index (χ1) is 16.9. The van der Waals surface area contributed by atoms with Crippen molar-refractivity contribution in [3.8, 4) is 0 Å². The fourth-order valence-corrected chi connectivity index (χ4v) is 4.36. The molecule has 0 aliphatic rings. The van der Waals surface area contributed by atoms with E-state index in [0.29, 0.717) is 0 Å². The summed E-state index contributed by atoms with van der Waals surface area (Å²) in [5.74, 6) is 0. The van der Waals surface area contributed by atoms with Gasteiger partial charge in [-0.3, -0.25) is 0 Å². The normalized spacial score (nSPS) is 10.1. The third kappa shape index (κ3) is 24.3. The lowest BCUT2D eigenvalue weighted by atomic mass is 10.0. The lowest BCUT2D eigenvalue weighted by Gasteiger charge is -2.02. The van der Waals surface area contributed by atoms with Gasteiger partial charge in [-0.25, -0.2) is 0 Å². The average molecular weight is 521 g/mol. The second-order valence-electron chi connectivity index (χ2n) is 9.71. The quantitative estimate of drug-likeness (QED) is 0.172. The van der Waals surface area contributed by atoms with E-state index in [1.54, 1.807) is 0 Å². The van der Waals surface area contributed by atoms with E-state index < -0.39 is 0 Å². The van der Waals surface area contributed by atoms with E-state index in [9.17, 15) is 0 Å². The largest absolute Gasteiger partial charge is 0.412 e. The molecule has 0 unspecified atom stereocenters. The first-order valence-electron chi connectivity index (χ1n) is 14.3. The third-order valence-electron chi connectivity index (χ3n) is 6.52. The number of unbranched alkanes of at least 4 members (excludes halogenated alkanes) is 14. The smallest absolute Gasteiger partial charge is 0.00773 e. The Balaban J connectivity index is 0. The maximum atomic E-state index is 5.46. The fourth-order valence-electron chi connectivity index (χ4n) is 4.36. The van der Waals surface area contributed by atoms with Gasteiger partial charge in [0.1, 0.15) is 0 Å². The minimum Gasteiger partial charge on any atom is -0.412 e. The van der Waals surface area contributed by atoms with Crippen LogP contribution in [0.25, 0.3) is 0 Å². The maximum absolute atomic E-state index is 5.46. The summed E-state index contributed by atoms with van der Waals surface area (Å²) in [6.07, 6.45) is 24.1. The van der Waals surface area contributed by atoms with E-state index in [4.69, 9.17) is 11.5 Å². The van der Waals surface area contributed by atoms with Crippen LogP contribution in [0.2, 0.25) is 0 Å². The first kappa shape index (κ1) is 36.8. The number of aryl methyl sites for hydroxylation is 2. The van der Waals surface area contributed by atoms with Crippen LogP contribution in [-0.4, -0.2) is 18.6 Å². The Morgan fingerprint density at radius 2 is 0.611 bits per heavy atom. The van der Waals surface area contributed by atoms with Crippen LogP contribution in [0.15, 0.2) is 60.7 Å². The van der Waals surface area contributed by atoms with Crippen LogP contribution < -0.4 is 11.5 Å². The molecular formula is C32H57ClN2O. The first-order valence-corrected chi connectivity index (χ1v) is 14.3. The van der Waals surface area contributed by atoms with Gasteiger partial charge in [0, 0.05) is 0 Å². The van der Waals surface area contributed by atoms with Gasteiger partial charge in [0.15, 0.2) is 0 Å². The number of benzene rings is 2. The van der Waals surface area contributed by atoms with Crippen molar-refractivity contribution in [1.29, 1.82) is 0 Å². The van der Waals surface area contributed by atoms with Gasteiger partial charge >= 0.3 is 0 Å². The highest BCUT2D eigenvalue weighted by Gasteiger charge is 1.95. The minimum absolute atomic E-state index is 0. The van der Waals surface area contributed by atoms with Crippen LogP contribution in [0.5, 0.6) is 0 Å². The second-order valence-corrected chi connectivity index (χ2v) is 9.71. The van der Waals surface area contributed by atoms with Gasteiger partial charge in [-0.15, -0.1) is 12.4 Å².